The maximum absolute atomic E-state index is 12.1. The molecule has 2 amide bonds. The fraction of sp³-hybridized carbons (Fsp3) is 0.176. The Hall–Kier alpha value is -2.31. The van der Waals surface area contributed by atoms with Crippen molar-refractivity contribution in [2.24, 2.45) is 0 Å². The van der Waals surface area contributed by atoms with Gasteiger partial charge in [0.15, 0.2) is 0 Å². The third-order valence-electron chi connectivity index (χ3n) is 3.42. The van der Waals surface area contributed by atoms with Crippen LogP contribution in [0.2, 0.25) is 0 Å². The predicted molar refractivity (Wildman–Crippen MR) is 89.1 cm³/mol. The summed E-state index contributed by atoms with van der Waals surface area (Å²) in [7, 11) is 0. The maximum Gasteiger partial charge on any atom is 0.274 e. The lowest BCUT2D eigenvalue weighted by Crippen LogP contribution is -2.27. The van der Waals surface area contributed by atoms with Crippen LogP contribution < -0.4 is 10.8 Å². The molecule has 3 rings (SSSR count). The topological polar surface area (TPSA) is 67.4 Å². The van der Waals surface area contributed by atoms with E-state index in [-0.39, 0.29) is 17.1 Å². The van der Waals surface area contributed by atoms with Gasteiger partial charge in [0.05, 0.1) is 17.5 Å². The number of rotatable bonds is 4. The van der Waals surface area contributed by atoms with Crippen LogP contribution >= 0.6 is 11.8 Å². The van der Waals surface area contributed by atoms with Crippen molar-refractivity contribution in [3.8, 4) is 0 Å². The Balaban J connectivity index is 1.62. The number of hydrogen-bond acceptors (Lipinski definition) is 4. The van der Waals surface area contributed by atoms with Gasteiger partial charge in [0, 0.05) is 10.5 Å². The van der Waals surface area contributed by atoms with E-state index in [1.54, 1.807) is 12.1 Å². The number of thioether (sulfide) groups is 1. The molecular formula is C17H16N2O3S. The first-order valence-corrected chi connectivity index (χ1v) is 8.09. The molecular weight excluding hydrogens is 312 g/mol. The Morgan fingerprint density at radius 3 is 2.83 bits per heavy atom. The van der Waals surface area contributed by atoms with Crippen LogP contribution in [0, 0.1) is 0 Å². The molecule has 2 aromatic carbocycles. The van der Waals surface area contributed by atoms with Crippen LogP contribution in [0.3, 0.4) is 0 Å². The standard InChI is InChI=1S/C17H16N2O3S/c1-11-16(20)18-14-9-13(7-8-15(14)23-11)17(21)19-22-10-12-5-3-2-4-6-12/h2-9,11H,10H2,1H3,(H,18,20)(H,19,21). The number of hydrogen-bond donors (Lipinski definition) is 2. The van der Waals surface area contributed by atoms with Crippen LogP contribution in [0.4, 0.5) is 5.69 Å². The lowest BCUT2D eigenvalue weighted by Gasteiger charge is -2.21. The molecule has 1 aliphatic heterocycles. The summed E-state index contributed by atoms with van der Waals surface area (Å²) in [5, 5.41) is 2.68. The van der Waals surface area contributed by atoms with E-state index in [0.717, 1.165) is 10.5 Å². The molecule has 1 unspecified atom stereocenters. The van der Waals surface area contributed by atoms with Gasteiger partial charge in [-0.25, -0.2) is 5.48 Å². The summed E-state index contributed by atoms with van der Waals surface area (Å²) >= 11 is 1.48. The highest BCUT2D eigenvalue weighted by Gasteiger charge is 2.23. The van der Waals surface area contributed by atoms with Crippen molar-refractivity contribution in [2.75, 3.05) is 5.32 Å². The second-order valence-electron chi connectivity index (χ2n) is 5.17. The fourth-order valence-corrected chi connectivity index (χ4v) is 3.10. The molecule has 0 aromatic heterocycles. The predicted octanol–water partition coefficient (Wildman–Crippen LogP) is 2.98. The summed E-state index contributed by atoms with van der Waals surface area (Å²) in [4.78, 5) is 30.0. The van der Waals surface area contributed by atoms with E-state index < -0.39 is 0 Å². The maximum atomic E-state index is 12.1. The number of hydroxylamine groups is 1. The number of carbonyl (C=O) groups is 2. The molecule has 5 nitrogen and oxygen atoms in total. The summed E-state index contributed by atoms with van der Waals surface area (Å²) in [6.07, 6.45) is 0. The lowest BCUT2D eigenvalue weighted by atomic mass is 10.2. The Labute approximate surface area is 138 Å². The van der Waals surface area contributed by atoms with Crippen molar-refractivity contribution in [1.29, 1.82) is 0 Å². The molecule has 23 heavy (non-hydrogen) atoms. The van der Waals surface area contributed by atoms with Gasteiger partial charge in [-0.1, -0.05) is 30.3 Å². The monoisotopic (exact) mass is 328 g/mol. The van der Waals surface area contributed by atoms with Gasteiger partial charge in [-0.3, -0.25) is 14.4 Å². The lowest BCUT2D eigenvalue weighted by molar-refractivity contribution is -0.115. The fourth-order valence-electron chi connectivity index (χ4n) is 2.17. The van der Waals surface area contributed by atoms with Gasteiger partial charge in [0.25, 0.3) is 5.91 Å². The molecule has 1 aliphatic rings. The van der Waals surface area contributed by atoms with Gasteiger partial charge in [-0.05, 0) is 30.7 Å². The van der Waals surface area contributed by atoms with Gasteiger partial charge in [-0.2, -0.15) is 0 Å². The molecule has 6 heteroatoms. The zero-order chi connectivity index (χ0) is 16.2. The molecule has 1 heterocycles. The first-order chi connectivity index (χ1) is 11.1. The van der Waals surface area contributed by atoms with E-state index in [9.17, 15) is 9.59 Å². The largest absolute Gasteiger partial charge is 0.324 e. The average molecular weight is 328 g/mol. The highest BCUT2D eigenvalue weighted by molar-refractivity contribution is 8.00. The summed E-state index contributed by atoms with van der Waals surface area (Å²) in [5.41, 5.74) is 4.48. The first-order valence-electron chi connectivity index (χ1n) is 7.21. The van der Waals surface area contributed by atoms with Gasteiger partial charge in [0.2, 0.25) is 5.91 Å². The van der Waals surface area contributed by atoms with E-state index in [1.165, 1.54) is 11.8 Å². The zero-order valence-corrected chi connectivity index (χ0v) is 13.4. The molecule has 0 saturated heterocycles. The Morgan fingerprint density at radius 2 is 2.04 bits per heavy atom. The third-order valence-corrected chi connectivity index (χ3v) is 4.60. The summed E-state index contributed by atoms with van der Waals surface area (Å²) < 4.78 is 0. The molecule has 0 radical (unpaired) electrons. The minimum absolute atomic E-state index is 0.0552. The third kappa shape index (κ3) is 3.72. The van der Waals surface area contributed by atoms with Crippen molar-refractivity contribution in [1.82, 2.24) is 5.48 Å². The zero-order valence-electron chi connectivity index (χ0n) is 12.5. The molecule has 0 bridgehead atoms. The summed E-state index contributed by atoms with van der Waals surface area (Å²) in [6.45, 7) is 2.14. The van der Waals surface area contributed by atoms with Gasteiger partial charge in [-0.15, -0.1) is 11.8 Å². The number of fused-ring (bicyclic) bond motifs is 1. The van der Waals surface area contributed by atoms with Crippen LogP contribution in [0.1, 0.15) is 22.8 Å². The van der Waals surface area contributed by atoms with E-state index in [0.29, 0.717) is 17.9 Å². The molecule has 2 N–H and O–H groups in total. The summed E-state index contributed by atoms with van der Waals surface area (Å²) in [6, 6.07) is 14.8. The van der Waals surface area contributed by atoms with Gasteiger partial charge in [0.1, 0.15) is 0 Å². The number of anilines is 1. The van der Waals surface area contributed by atoms with Crippen molar-refractivity contribution in [2.45, 2.75) is 23.7 Å². The molecule has 0 spiro atoms. The number of amides is 2. The van der Waals surface area contributed by atoms with E-state index in [4.69, 9.17) is 4.84 Å². The second-order valence-corrected chi connectivity index (χ2v) is 6.55. The number of carbonyl (C=O) groups excluding carboxylic acids is 2. The molecule has 2 aromatic rings. The molecule has 0 saturated carbocycles. The quantitative estimate of drug-likeness (QED) is 0.847. The molecule has 0 aliphatic carbocycles. The van der Waals surface area contributed by atoms with Gasteiger partial charge >= 0.3 is 0 Å². The average Bonchev–Trinajstić information content (AvgIpc) is 2.56. The Kier molecular flexibility index (Phi) is 4.64. The van der Waals surface area contributed by atoms with E-state index in [2.05, 4.69) is 10.8 Å². The van der Waals surface area contributed by atoms with E-state index in [1.807, 2.05) is 43.3 Å². The highest BCUT2D eigenvalue weighted by atomic mass is 32.2. The van der Waals surface area contributed by atoms with Gasteiger partial charge < -0.3 is 5.32 Å². The van der Waals surface area contributed by atoms with Crippen LogP contribution in [0.5, 0.6) is 0 Å². The SMILES string of the molecule is CC1Sc2ccc(C(=O)NOCc3ccccc3)cc2NC1=O. The smallest absolute Gasteiger partial charge is 0.274 e. The summed E-state index contributed by atoms with van der Waals surface area (Å²) in [5.74, 6) is -0.401. The van der Waals surface area contributed by atoms with Crippen molar-refractivity contribution in [3.63, 3.8) is 0 Å². The number of benzene rings is 2. The molecule has 118 valence electrons. The Morgan fingerprint density at radius 1 is 1.26 bits per heavy atom. The van der Waals surface area contributed by atoms with E-state index >= 15 is 0 Å². The van der Waals surface area contributed by atoms with Crippen molar-refractivity contribution >= 4 is 29.3 Å². The van der Waals surface area contributed by atoms with Crippen LogP contribution in [-0.4, -0.2) is 17.1 Å². The number of nitrogens with one attached hydrogen (secondary N) is 2. The van der Waals surface area contributed by atoms with Crippen LogP contribution in [0.15, 0.2) is 53.4 Å². The highest BCUT2D eigenvalue weighted by Crippen LogP contribution is 2.35. The minimum atomic E-state index is -0.346. The van der Waals surface area contributed by atoms with Crippen molar-refractivity contribution < 1.29 is 14.4 Å². The second kappa shape index (κ2) is 6.85. The van der Waals surface area contributed by atoms with Crippen LogP contribution in [-0.2, 0) is 16.2 Å². The molecule has 0 fully saturated rings. The van der Waals surface area contributed by atoms with Crippen molar-refractivity contribution in [3.05, 3.63) is 59.7 Å². The normalized spacial score (nSPS) is 16.4. The molecule has 1 atom stereocenters. The van der Waals surface area contributed by atoms with Crippen LogP contribution in [0.25, 0.3) is 0 Å². The minimum Gasteiger partial charge on any atom is -0.324 e. The first kappa shape index (κ1) is 15.6. The Bertz CT molecular complexity index is 734.